The highest BCUT2D eigenvalue weighted by atomic mass is 19.1. The van der Waals surface area contributed by atoms with Crippen molar-refractivity contribution in [1.82, 2.24) is 10.6 Å². The molecule has 0 aromatic heterocycles. The second kappa shape index (κ2) is 7.36. The van der Waals surface area contributed by atoms with Crippen LogP contribution in [0.5, 0.6) is 0 Å². The third-order valence-electron chi connectivity index (χ3n) is 3.31. The average molecular weight is 274 g/mol. The summed E-state index contributed by atoms with van der Waals surface area (Å²) in [7, 11) is 0. The normalized spacial score (nSPS) is 11.4. The van der Waals surface area contributed by atoms with Gasteiger partial charge in [0.15, 0.2) is 0 Å². The number of hydrogen-bond donors (Lipinski definition) is 2. The lowest BCUT2D eigenvalue weighted by Gasteiger charge is -2.10. The Kier molecular flexibility index (Phi) is 5.50. The summed E-state index contributed by atoms with van der Waals surface area (Å²) in [6, 6.07) is 11.1. The summed E-state index contributed by atoms with van der Waals surface area (Å²) in [5, 5.41) is 8.49. The van der Waals surface area contributed by atoms with Crippen LogP contribution in [0.2, 0.25) is 0 Å². The topological polar surface area (TPSA) is 24.1 Å². The van der Waals surface area contributed by atoms with E-state index in [0.29, 0.717) is 11.3 Å². The predicted molar refractivity (Wildman–Crippen MR) is 83.3 cm³/mol. The largest absolute Gasteiger partial charge is 0.315 e. The molecule has 0 spiro atoms. The molecule has 2 rings (SSSR count). The first kappa shape index (κ1) is 14.9. The average Bonchev–Trinajstić information content (AvgIpc) is 2.45. The molecule has 2 N–H and O–H groups in total. The van der Waals surface area contributed by atoms with E-state index in [1.165, 1.54) is 0 Å². The summed E-state index contributed by atoms with van der Waals surface area (Å²) in [6.07, 6.45) is 0. The molecule has 0 unspecified atom stereocenters. The quantitative estimate of drug-likeness (QED) is 0.757. The van der Waals surface area contributed by atoms with Crippen LogP contribution in [0.4, 0.5) is 4.39 Å². The van der Waals surface area contributed by atoms with Gasteiger partial charge in [0.25, 0.3) is 0 Å². The van der Waals surface area contributed by atoms with Crippen LogP contribution in [-0.4, -0.2) is 19.6 Å². The third kappa shape index (κ3) is 4.02. The molecular formula is C17H23FN2. The van der Waals surface area contributed by atoms with E-state index in [0.717, 1.165) is 37.1 Å². The minimum atomic E-state index is -0.150. The first-order chi connectivity index (χ1) is 9.68. The number of halogens is 1. The fourth-order valence-corrected chi connectivity index (χ4v) is 2.27. The van der Waals surface area contributed by atoms with Crippen LogP contribution in [-0.2, 0) is 6.54 Å². The Balaban J connectivity index is 1.89. The van der Waals surface area contributed by atoms with Crippen molar-refractivity contribution in [1.29, 1.82) is 0 Å². The summed E-state index contributed by atoms with van der Waals surface area (Å²) in [4.78, 5) is 0. The first-order valence-corrected chi connectivity index (χ1v) is 7.26. The van der Waals surface area contributed by atoms with Crippen molar-refractivity contribution in [2.24, 2.45) is 5.92 Å². The molecule has 0 fully saturated rings. The number of hydrogen-bond acceptors (Lipinski definition) is 2. The van der Waals surface area contributed by atoms with Gasteiger partial charge in [-0.2, -0.15) is 0 Å². The molecule has 2 aromatic rings. The van der Waals surface area contributed by atoms with E-state index in [1.807, 2.05) is 30.3 Å². The maximum Gasteiger partial charge on any atom is 0.131 e. The van der Waals surface area contributed by atoms with E-state index in [2.05, 4.69) is 24.5 Å². The molecule has 0 amide bonds. The van der Waals surface area contributed by atoms with Crippen LogP contribution in [0.3, 0.4) is 0 Å². The van der Waals surface area contributed by atoms with Crippen LogP contribution in [0.25, 0.3) is 10.8 Å². The lowest BCUT2D eigenvalue weighted by Crippen LogP contribution is -2.29. The fourth-order valence-electron chi connectivity index (χ4n) is 2.27. The fraction of sp³-hybridized carbons (Fsp3) is 0.412. The van der Waals surface area contributed by atoms with Gasteiger partial charge in [0.05, 0.1) is 0 Å². The van der Waals surface area contributed by atoms with Gasteiger partial charge < -0.3 is 10.6 Å². The molecule has 0 bridgehead atoms. The van der Waals surface area contributed by atoms with Crippen molar-refractivity contribution in [3.8, 4) is 0 Å². The van der Waals surface area contributed by atoms with Gasteiger partial charge in [0, 0.05) is 25.0 Å². The number of fused-ring (bicyclic) bond motifs is 1. The Morgan fingerprint density at radius 1 is 0.950 bits per heavy atom. The maximum absolute atomic E-state index is 13.7. The summed E-state index contributed by atoms with van der Waals surface area (Å²) < 4.78 is 13.7. The summed E-state index contributed by atoms with van der Waals surface area (Å²) in [6.45, 7) is 8.08. The maximum atomic E-state index is 13.7. The van der Waals surface area contributed by atoms with Crippen molar-refractivity contribution in [2.75, 3.05) is 19.6 Å². The minimum Gasteiger partial charge on any atom is -0.315 e. The second-order valence-electron chi connectivity index (χ2n) is 5.53. The zero-order valence-corrected chi connectivity index (χ0v) is 12.2. The van der Waals surface area contributed by atoms with Crippen LogP contribution in [0.15, 0.2) is 36.4 Å². The molecule has 0 aliphatic heterocycles. The molecule has 0 aliphatic rings. The summed E-state index contributed by atoms with van der Waals surface area (Å²) in [5.74, 6) is 0.527. The van der Waals surface area contributed by atoms with Crippen molar-refractivity contribution in [2.45, 2.75) is 20.4 Å². The van der Waals surface area contributed by atoms with Crippen LogP contribution >= 0.6 is 0 Å². The Morgan fingerprint density at radius 3 is 2.40 bits per heavy atom. The molecule has 2 aromatic carbocycles. The van der Waals surface area contributed by atoms with Gasteiger partial charge in [-0.15, -0.1) is 0 Å². The standard InChI is InChI=1S/C17H23FN2/c1-13(2)11-19-9-10-20-12-14-7-8-17(18)16-6-4-3-5-15(14)16/h3-8,13,19-20H,9-12H2,1-2H3. The van der Waals surface area contributed by atoms with Gasteiger partial charge in [-0.1, -0.05) is 44.2 Å². The van der Waals surface area contributed by atoms with Crippen LogP contribution in [0.1, 0.15) is 19.4 Å². The van der Waals surface area contributed by atoms with Crippen molar-refractivity contribution >= 4 is 10.8 Å². The highest BCUT2D eigenvalue weighted by Crippen LogP contribution is 2.21. The van der Waals surface area contributed by atoms with E-state index >= 15 is 0 Å². The van der Waals surface area contributed by atoms with Gasteiger partial charge in [0.1, 0.15) is 5.82 Å². The number of rotatable bonds is 7. The van der Waals surface area contributed by atoms with Gasteiger partial charge >= 0.3 is 0 Å². The van der Waals surface area contributed by atoms with Crippen LogP contribution in [0, 0.1) is 11.7 Å². The highest BCUT2D eigenvalue weighted by molar-refractivity contribution is 5.86. The van der Waals surface area contributed by atoms with E-state index in [-0.39, 0.29) is 5.82 Å². The molecule has 0 heterocycles. The van der Waals surface area contributed by atoms with Gasteiger partial charge in [0.2, 0.25) is 0 Å². The van der Waals surface area contributed by atoms with E-state index in [1.54, 1.807) is 6.07 Å². The lowest BCUT2D eigenvalue weighted by atomic mass is 10.0. The molecule has 2 nitrogen and oxygen atoms in total. The van der Waals surface area contributed by atoms with Crippen molar-refractivity contribution in [3.05, 3.63) is 47.8 Å². The minimum absolute atomic E-state index is 0.150. The Morgan fingerprint density at radius 2 is 1.65 bits per heavy atom. The Bertz CT molecular complexity index is 552. The molecule has 0 saturated carbocycles. The Labute approximate surface area is 120 Å². The molecule has 0 aliphatic carbocycles. The van der Waals surface area contributed by atoms with Crippen molar-refractivity contribution in [3.63, 3.8) is 0 Å². The molecule has 3 heteroatoms. The Hall–Kier alpha value is -1.45. The van der Waals surface area contributed by atoms with E-state index < -0.39 is 0 Å². The second-order valence-corrected chi connectivity index (χ2v) is 5.53. The number of nitrogens with one attached hydrogen (secondary N) is 2. The monoisotopic (exact) mass is 274 g/mol. The molecule has 0 atom stereocenters. The van der Waals surface area contributed by atoms with Gasteiger partial charge in [-0.3, -0.25) is 0 Å². The van der Waals surface area contributed by atoms with Gasteiger partial charge in [-0.25, -0.2) is 4.39 Å². The molecule has 108 valence electrons. The third-order valence-corrected chi connectivity index (χ3v) is 3.31. The molecule has 0 radical (unpaired) electrons. The van der Waals surface area contributed by atoms with Crippen molar-refractivity contribution < 1.29 is 4.39 Å². The van der Waals surface area contributed by atoms with E-state index in [9.17, 15) is 4.39 Å². The molecule has 0 saturated heterocycles. The highest BCUT2D eigenvalue weighted by Gasteiger charge is 2.04. The lowest BCUT2D eigenvalue weighted by molar-refractivity contribution is 0.535. The molecular weight excluding hydrogens is 251 g/mol. The predicted octanol–water partition coefficient (Wildman–Crippen LogP) is 3.31. The SMILES string of the molecule is CC(C)CNCCNCc1ccc(F)c2ccccc12. The zero-order chi connectivity index (χ0) is 14.4. The van der Waals surface area contributed by atoms with Crippen LogP contribution < -0.4 is 10.6 Å². The smallest absolute Gasteiger partial charge is 0.131 e. The first-order valence-electron chi connectivity index (χ1n) is 7.26. The number of benzene rings is 2. The zero-order valence-electron chi connectivity index (χ0n) is 12.2. The van der Waals surface area contributed by atoms with E-state index in [4.69, 9.17) is 0 Å². The van der Waals surface area contributed by atoms with Gasteiger partial charge in [-0.05, 0) is 29.5 Å². The summed E-state index contributed by atoms with van der Waals surface area (Å²) >= 11 is 0. The molecule has 20 heavy (non-hydrogen) atoms. The summed E-state index contributed by atoms with van der Waals surface area (Å²) in [5.41, 5.74) is 1.14.